The van der Waals surface area contributed by atoms with Gasteiger partial charge in [0.1, 0.15) is 0 Å². The van der Waals surface area contributed by atoms with Crippen LogP contribution in [0.3, 0.4) is 0 Å². The lowest BCUT2D eigenvalue weighted by Crippen LogP contribution is -2.55. The van der Waals surface area contributed by atoms with E-state index in [9.17, 15) is 18.0 Å². The minimum Gasteiger partial charge on any atom is -0.368 e. The second-order valence-corrected chi connectivity index (χ2v) is 5.63. The molecule has 0 spiro atoms. The van der Waals surface area contributed by atoms with Gasteiger partial charge in [0.15, 0.2) is 0 Å². The molecule has 1 rings (SSSR count). The van der Waals surface area contributed by atoms with Crippen molar-refractivity contribution in [2.24, 2.45) is 11.7 Å². The summed E-state index contributed by atoms with van der Waals surface area (Å²) in [5, 5.41) is 3.05. The summed E-state index contributed by atoms with van der Waals surface area (Å²) in [6.07, 6.45) is -3.31. The Morgan fingerprint density at radius 3 is 2.30 bits per heavy atom. The van der Waals surface area contributed by atoms with Crippen LogP contribution >= 0.6 is 0 Å². The van der Waals surface area contributed by atoms with E-state index in [4.69, 9.17) is 5.73 Å². The van der Waals surface area contributed by atoms with Gasteiger partial charge in [-0.2, -0.15) is 13.2 Å². The number of likely N-dealkylation sites (N-methyl/N-ethyl adjacent to an activating group) is 1. The van der Waals surface area contributed by atoms with Gasteiger partial charge in [0.2, 0.25) is 5.91 Å². The quantitative estimate of drug-likeness (QED) is 0.781. The molecule has 1 amide bonds. The number of nitrogens with zero attached hydrogens (tertiary/aromatic N) is 1. The number of halogens is 3. The van der Waals surface area contributed by atoms with Crippen LogP contribution in [0.4, 0.5) is 13.2 Å². The van der Waals surface area contributed by atoms with E-state index >= 15 is 0 Å². The first-order chi connectivity index (χ1) is 9.19. The second-order valence-electron chi connectivity index (χ2n) is 5.63. The van der Waals surface area contributed by atoms with Crippen LogP contribution in [0.15, 0.2) is 0 Å². The number of nitrogens with two attached hydrogens (primary N) is 1. The Morgan fingerprint density at radius 2 is 1.90 bits per heavy atom. The molecule has 0 aromatic heterocycles. The van der Waals surface area contributed by atoms with Gasteiger partial charge in [0.05, 0.1) is 11.5 Å². The molecule has 1 unspecified atom stereocenters. The number of amides is 1. The Hall–Kier alpha value is -0.820. The van der Waals surface area contributed by atoms with Gasteiger partial charge in [-0.25, -0.2) is 0 Å². The molecule has 118 valence electrons. The van der Waals surface area contributed by atoms with E-state index in [0.717, 1.165) is 0 Å². The van der Waals surface area contributed by atoms with Gasteiger partial charge in [-0.3, -0.25) is 4.79 Å². The van der Waals surface area contributed by atoms with E-state index in [2.05, 4.69) is 5.32 Å². The summed E-state index contributed by atoms with van der Waals surface area (Å²) in [4.78, 5) is 13.4. The van der Waals surface area contributed by atoms with E-state index in [1.165, 1.54) is 0 Å². The number of hydrogen-bond donors (Lipinski definition) is 2. The van der Waals surface area contributed by atoms with Gasteiger partial charge in [0, 0.05) is 6.54 Å². The largest absolute Gasteiger partial charge is 0.391 e. The van der Waals surface area contributed by atoms with E-state index in [1.807, 2.05) is 11.8 Å². The van der Waals surface area contributed by atoms with Gasteiger partial charge in [0.25, 0.3) is 0 Å². The molecule has 7 heteroatoms. The molecule has 20 heavy (non-hydrogen) atoms. The number of carbonyl (C=O) groups excluding carboxylic acids is 1. The smallest absolute Gasteiger partial charge is 0.368 e. The summed E-state index contributed by atoms with van der Waals surface area (Å²) >= 11 is 0. The highest BCUT2D eigenvalue weighted by atomic mass is 19.4. The normalized spacial score (nSPS) is 21.6. The molecular weight excluding hydrogens is 271 g/mol. The third kappa shape index (κ3) is 4.63. The summed E-state index contributed by atoms with van der Waals surface area (Å²) in [7, 11) is 0. The van der Waals surface area contributed by atoms with Crippen molar-refractivity contribution in [3.05, 3.63) is 0 Å². The predicted octanol–water partition coefficient (Wildman–Crippen LogP) is 1.50. The van der Waals surface area contributed by atoms with Crippen molar-refractivity contribution in [2.45, 2.75) is 44.8 Å². The van der Waals surface area contributed by atoms with Gasteiger partial charge in [-0.1, -0.05) is 6.92 Å². The molecule has 0 radical (unpaired) electrons. The average Bonchev–Trinajstić information content (AvgIpc) is 2.36. The lowest BCUT2D eigenvalue weighted by Gasteiger charge is -2.35. The first-order valence-electron chi connectivity index (χ1n) is 7.03. The molecule has 0 aromatic carbocycles. The average molecular weight is 295 g/mol. The maximum Gasteiger partial charge on any atom is 0.391 e. The van der Waals surface area contributed by atoms with Crippen molar-refractivity contribution in [1.29, 1.82) is 0 Å². The van der Waals surface area contributed by atoms with Crippen LogP contribution in [0.5, 0.6) is 0 Å². The van der Waals surface area contributed by atoms with E-state index in [1.54, 1.807) is 6.92 Å². The van der Waals surface area contributed by atoms with Crippen molar-refractivity contribution < 1.29 is 18.0 Å². The third-order valence-electron chi connectivity index (χ3n) is 4.09. The predicted molar refractivity (Wildman–Crippen MR) is 71.1 cm³/mol. The van der Waals surface area contributed by atoms with Crippen LogP contribution in [-0.2, 0) is 4.79 Å². The Kier molecular flexibility index (Phi) is 5.82. The molecule has 0 bridgehead atoms. The van der Waals surface area contributed by atoms with Gasteiger partial charge < -0.3 is 16.0 Å². The fourth-order valence-corrected chi connectivity index (χ4v) is 2.55. The molecule has 1 aliphatic heterocycles. The van der Waals surface area contributed by atoms with Gasteiger partial charge in [-0.05, 0) is 45.8 Å². The summed E-state index contributed by atoms with van der Waals surface area (Å²) < 4.78 is 37.7. The lowest BCUT2D eigenvalue weighted by molar-refractivity contribution is -0.185. The highest BCUT2D eigenvalue weighted by Gasteiger charge is 2.41. The van der Waals surface area contributed by atoms with Crippen LogP contribution in [0, 0.1) is 5.92 Å². The Morgan fingerprint density at radius 1 is 1.35 bits per heavy atom. The molecule has 1 aliphatic rings. The molecule has 4 nitrogen and oxygen atoms in total. The zero-order valence-corrected chi connectivity index (χ0v) is 12.1. The summed E-state index contributed by atoms with van der Waals surface area (Å²) in [6.45, 7) is 5.67. The van der Waals surface area contributed by atoms with Crippen molar-refractivity contribution >= 4 is 5.91 Å². The van der Waals surface area contributed by atoms with E-state index < -0.39 is 23.5 Å². The van der Waals surface area contributed by atoms with Crippen molar-refractivity contribution in [1.82, 2.24) is 10.2 Å². The topological polar surface area (TPSA) is 58.4 Å². The minimum absolute atomic E-state index is 0.137. The summed E-state index contributed by atoms with van der Waals surface area (Å²) in [5.74, 6) is -1.61. The molecule has 0 saturated carbocycles. The molecule has 1 heterocycles. The third-order valence-corrected chi connectivity index (χ3v) is 4.09. The fourth-order valence-electron chi connectivity index (χ4n) is 2.55. The van der Waals surface area contributed by atoms with Crippen LogP contribution in [-0.4, -0.2) is 48.7 Å². The second kappa shape index (κ2) is 6.76. The van der Waals surface area contributed by atoms with Crippen LogP contribution in [0.25, 0.3) is 0 Å². The maximum absolute atomic E-state index is 12.6. The SMILES string of the molecule is CCNC(C)(CCN1CCC(C(F)(F)F)CC1)C(N)=O. The van der Waals surface area contributed by atoms with Gasteiger partial charge >= 0.3 is 6.18 Å². The van der Waals surface area contributed by atoms with Crippen LogP contribution in [0.2, 0.25) is 0 Å². The highest BCUT2D eigenvalue weighted by Crippen LogP contribution is 2.34. The first kappa shape index (κ1) is 17.2. The van der Waals surface area contributed by atoms with Crippen LogP contribution in [0.1, 0.15) is 33.1 Å². The highest BCUT2D eigenvalue weighted by molar-refractivity contribution is 5.84. The Bertz CT molecular complexity index is 327. The standard InChI is InChI=1S/C13H24F3N3O/c1-3-18-12(2,11(17)20)6-9-19-7-4-10(5-8-19)13(14,15)16/h10,18H,3-9H2,1-2H3,(H2,17,20). The summed E-state index contributed by atoms with van der Waals surface area (Å²) in [5.41, 5.74) is 4.59. The molecule has 1 saturated heterocycles. The zero-order chi connectivity index (χ0) is 15.4. The molecular formula is C13H24F3N3O. The number of primary amides is 1. The molecule has 1 atom stereocenters. The van der Waals surface area contributed by atoms with Crippen LogP contribution < -0.4 is 11.1 Å². The molecule has 1 fully saturated rings. The Balaban J connectivity index is 2.42. The molecule has 0 aromatic rings. The maximum atomic E-state index is 12.6. The fraction of sp³-hybridized carbons (Fsp3) is 0.923. The van der Waals surface area contributed by atoms with Crippen molar-refractivity contribution in [3.63, 3.8) is 0 Å². The van der Waals surface area contributed by atoms with E-state index in [-0.39, 0.29) is 12.8 Å². The lowest BCUT2D eigenvalue weighted by atomic mass is 9.93. The van der Waals surface area contributed by atoms with E-state index in [0.29, 0.717) is 32.6 Å². The monoisotopic (exact) mass is 295 g/mol. The van der Waals surface area contributed by atoms with Gasteiger partial charge in [-0.15, -0.1) is 0 Å². The zero-order valence-electron chi connectivity index (χ0n) is 12.1. The first-order valence-corrected chi connectivity index (χ1v) is 7.03. The number of alkyl halides is 3. The number of rotatable bonds is 6. The van der Waals surface area contributed by atoms with Crippen molar-refractivity contribution in [3.8, 4) is 0 Å². The summed E-state index contributed by atoms with van der Waals surface area (Å²) in [6, 6.07) is 0. The number of nitrogens with one attached hydrogen (secondary N) is 1. The number of piperidine rings is 1. The minimum atomic E-state index is -4.09. The number of likely N-dealkylation sites (tertiary alicyclic amines) is 1. The molecule has 0 aliphatic carbocycles. The Labute approximate surface area is 117 Å². The number of hydrogen-bond acceptors (Lipinski definition) is 3. The van der Waals surface area contributed by atoms with Crippen molar-refractivity contribution in [2.75, 3.05) is 26.2 Å². The number of carbonyl (C=O) groups is 1. The molecule has 3 N–H and O–H groups in total.